The first-order valence-corrected chi connectivity index (χ1v) is 8.71. The van der Waals surface area contributed by atoms with Crippen molar-refractivity contribution in [1.29, 1.82) is 0 Å². The van der Waals surface area contributed by atoms with Crippen molar-refractivity contribution < 1.29 is 9.42 Å². The van der Waals surface area contributed by atoms with Crippen molar-refractivity contribution in [2.45, 2.75) is 50.7 Å². The summed E-state index contributed by atoms with van der Waals surface area (Å²) in [6.45, 7) is 3.01. The SMILES string of the molecule is CCCNN1C2CCCCC2(c2ccccc2)OP1O. The molecule has 3 rings (SSSR count). The Morgan fingerprint density at radius 1 is 1.40 bits per heavy atom. The molecule has 20 heavy (non-hydrogen) atoms. The van der Waals surface area contributed by atoms with Gasteiger partial charge < -0.3 is 9.42 Å². The Balaban J connectivity index is 1.91. The van der Waals surface area contributed by atoms with Crippen molar-refractivity contribution in [3.63, 3.8) is 0 Å². The van der Waals surface area contributed by atoms with Crippen molar-refractivity contribution in [1.82, 2.24) is 10.2 Å². The first-order chi connectivity index (χ1) is 9.78. The molecule has 3 atom stereocenters. The molecular formula is C15H23N2O2P. The Bertz CT molecular complexity index is 445. The molecule has 1 aliphatic heterocycles. The minimum Gasteiger partial charge on any atom is -0.337 e. The van der Waals surface area contributed by atoms with E-state index in [4.69, 9.17) is 4.52 Å². The minimum absolute atomic E-state index is 0.237. The fourth-order valence-corrected chi connectivity index (χ4v) is 4.83. The van der Waals surface area contributed by atoms with Gasteiger partial charge in [-0.1, -0.05) is 50.1 Å². The lowest BCUT2D eigenvalue weighted by Crippen LogP contribution is -2.49. The van der Waals surface area contributed by atoms with Crippen molar-refractivity contribution in [2.24, 2.45) is 0 Å². The van der Waals surface area contributed by atoms with Crippen LogP contribution in [0.2, 0.25) is 0 Å². The Morgan fingerprint density at radius 2 is 2.20 bits per heavy atom. The van der Waals surface area contributed by atoms with Crippen molar-refractivity contribution in [3.05, 3.63) is 35.9 Å². The molecule has 1 aromatic carbocycles. The zero-order valence-corrected chi connectivity index (χ0v) is 12.9. The molecule has 3 unspecified atom stereocenters. The highest BCUT2D eigenvalue weighted by Gasteiger charge is 2.55. The molecule has 1 saturated carbocycles. The number of hydrazine groups is 1. The molecule has 1 aliphatic carbocycles. The van der Waals surface area contributed by atoms with Crippen LogP contribution in [0, 0.1) is 0 Å². The lowest BCUT2D eigenvalue weighted by Gasteiger charge is -2.39. The molecule has 0 bridgehead atoms. The molecule has 2 aliphatic rings. The van der Waals surface area contributed by atoms with E-state index in [1.165, 1.54) is 12.0 Å². The number of benzene rings is 1. The maximum atomic E-state index is 10.4. The Morgan fingerprint density at radius 3 is 2.95 bits per heavy atom. The number of nitrogens with zero attached hydrogens (tertiary/aromatic N) is 1. The molecule has 0 aromatic heterocycles. The van der Waals surface area contributed by atoms with Gasteiger partial charge in [0.15, 0.2) is 0 Å². The van der Waals surface area contributed by atoms with Crippen LogP contribution in [0.15, 0.2) is 30.3 Å². The zero-order chi connectivity index (χ0) is 14.0. The third-order valence-electron chi connectivity index (χ3n) is 4.32. The number of hydrogen-bond acceptors (Lipinski definition) is 4. The zero-order valence-electron chi connectivity index (χ0n) is 12.0. The maximum absolute atomic E-state index is 10.4. The average Bonchev–Trinajstić information content (AvgIpc) is 2.79. The second-order valence-corrected chi connectivity index (χ2v) is 6.73. The van der Waals surface area contributed by atoms with Gasteiger partial charge in [0.1, 0.15) is 5.60 Å². The first kappa shape index (κ1) is 14.4. The van der Waals surface area contributed by atoms with Crippen LogP contribution in [0.1, 0.15) is 44.6 Å². The van der Waals surface area contributed by atoms with Gasteiger partial charge in [0.2, 0.25) is 0 Å². The Kier molecular flexibility index (Phi) is 4.39. The largest absolute Gasteiger partial charge is 0.337 e. The van der Waals surface area contributed by atoms with Crippen LogP contribution in [0.4, 0.5) is 0 Å². The van der Waals surface area contributed by atoms with Gasteiger partial charge in [-0.15, -0.1) is 0 Å². The maximum Gasteiger partial charge on any atom is 0.271 e. The Labute approximate surface area is 122 Å². The van der Waals surface area contributed by atoms with E-state index in [1.54, 1.807) is 0 Å². The summed E-state index contributed by atoms with van der Waals surface area (Å²) in [7, 11) is -1.54. The van der Waals surface area contributed by atoms with Gasteiger partial charge in [-0.3, -0.25) is 0 Å². The summed E-state index contributed by atoms with van der Waals surface area (Å²) in [6.07, 6.45) is 5.48. The predicted molar refractivity (Wildman–Crippen MR) is 80.7 cm³/mol. The van der Waals surface area contributed by atoms with Gasteiger partial charge in [-0.05, 0) is 24.8 Å². The van der Waals surface area contributed by atoms with Crippen LogP contribution in [0.3, 0.4) is 0 Å². The molecule has 1 saturated heterocycles. The van der Waals surface area contributed by atoms with E-state index in [0.29, 0.717) is 0 Å². The fourth-order valence-electron chi connectivity index (χ4n) is 3.37. The number of rotatable bonds is 4. The van der Waals surface area contributed by atoms with Crippen molar-refractivity contribution in [2.75, 3.05) is 6.54 Å². The monoisotopic (exact) mass is 294 g/mol. The van der Waals surface area contributed by atoms with Gasteiger partial charge in [0, 0.05) is 6.54 Å². The predicted octanol–water partition coefficient (Wildman–Crippen LogP) is 3.29. The van der Waals surface area contributed by atoms with E-state index in [9.17, 15) is 4.89 Å². The van der Waals surface area contributed by atoms with Crippen LogP contribution in [-0.4, -0.2) is 22.3 Å². The second-order valence-electron chi connectivity index (χ2n) is 5.61. The van der Waals surface area contributed by atoms with Gasteiger partial charge in [-0.2, -0.15) is 4.78 Å². The lowest BCUT2D eigenvalue weighted by molar-refractivity contribution is 0.0121. The average molecular weight is 294 g/mol. The fraction of sp³-hybridized carbons (Fsp3) is 0.600. The summed E-state index contributed by atoms with van der Waals surface area (Å²) in [5.41, 5.74) is 4.23. The van der Waals surface area contributed by atoms with Gasteiger partial charge >= 0.3 is 0 Å². The molecule has 4 nitrogen and oxygen atoms in total. The van der Waals surface area contributed by atoms with E-state index < -0.39 is 8.53 Å². The topological polar surface area (TPSA) is 44.7 Å². The molecule has 1 heterocycles. The number of fused-ring (bicyclic) bond motifs is 1. The highest BCUT2D eigenvalue weighted by molar-refractivity contribution is 7.43. The molecule has 2 fully saturated rings. The third-order valence-corrected chi connectivity index (χ3v) is 5.60. The molecule has 0 spiro atoms. The third kappa shape index (κ3) is 2.40. The summed E-state index contributed by atoms with van der Waals surface area (Å²) in [6, 6.07) is 10.6. The van der Waals surface area contributed by atoms with Gasteiger partial charge in [0.25, 0.3) is 8.53 Å². The highest BCUT2D eigenvalue weighted by Crippen LogP contribution is 2.60. The molecular weight excluding hydrogens is 271 g/mol. The summed E-state index contributed by atoms with van der Waals surface area (Å²) in [4.78, 5) is 10.4. The van der Waals surface area contributed by atoms with Crippen molar-refractivity contribution in [3.8, 4) is 0 Å². The van der Waals surface area contributed by atoms with E-state index in [0.717, 1.165) is 32.2 Å². The standard InChI is InChI=1S/C15H23N2O2P/c1-2-12-16-17-14-10-6-7-11-15(14,19-20(17)18)13-8-4-3-5-9-13/h3-5,8-9,14,16,18H,2,6-7,10-12H2,1H3. The smallest absolute Gasteiger partial charge is 0.271 e. The van der Waals surface area contributed by atoms with E-state index in [2.05, 4.69) is 36.6 Å². The normalized spacial score (nSPS) is 34.1. The molecule has 110 valence electrons. The van der Waals surface area contributed by atoms with Crippen LogP contribution >= 0.6 is 8.53 Å². The molecule has 0 radical (unpaired) electrons. The second kappa shape index (κ2) is 6.08. The number of nitrogens with one attached hydrogen (secondary N) is 1. The van der Waals surface area contributed by atoms with Crippen LogP contribution in [0.25, 0.3) is 0 Å². The highest BCUT2D eigenvalue weighted by atomic mass is 31.2. The van der Waals surface area contributed by atoms with Crippen LogP contribution < -0.4 is 5.43 Å². The van der Waals surface area contributed by atoms with E-state index >= 15 is 0 Å². The molecule has 2 N–H and O–H groups in total. The summed E-state index contributed by atoms with van der Waals surface area (Å²) >= 11 is 0. The summed E-state index contributed by atoms with van der Waals surface area (Å²) in [5, 5.41) is 0. The van der Waals surface area contributed by atoms with E-state index in [-0.39, 0.29) is 11.6 Å². The molecule has 5 heteroatoms. The number of hydrogen-bond donors (Lipinski definition) is 2. The van der Waals surface area contributed by atoms with Crippen LogP contribution in [0.5, 0.6) is 0 Å². The molecule has 1 aromatic rings. The quantitative estimate of drug-likeness (QED) is 0.836. The summed E-state index contributed by atoms with van der Waals surface area (Å²) < 4.78 is 8.12. The first-order valence-electron chi connectivity index (χ1n) is 7.54. The van der Waals surface area contributed by atoms with E-state index in [1.807, 2.05) is 10.8 Å². The molecule has 0 amide bonds. The minimum atomic E-state index is -1.54. The Hall–Kier alpha value is -0.510. The van der Waals surface area contributed by atoms with Gasteiger partial charge in [0.05, 0.1) is 6.04 Å². The van der Waals surface area contributed by atoms with Gasteiger partial charge in [-0.25, -0.2) is 5.43 Å². The van der Waals surface area contributed by atoms with Crippen LogP contribution in [-0.2, 0) is 10.1 Å². The summed E-state index contributed by atoms with van der Waals surface area (Å²) in [5.74, 6) is 0. The van der Waals surface area contributed by atoms with Crippen molar-refractivity contribution >= 4 is 8.53 Å². The lowest BCUT2D eigenvalue weighted by atomic mass is 9.76.